The lowest BCUT2D eigenvalue weighted by Crippen LogP contribution is -2.50. The van der Waals surface area contributed by atoms with E-state index in [0.717, 1.165) is 5.56 Å². The molecule has 1 unspecified atom stereocenters. The van der Waals surface area contributed by atoms with E-state index >= 15 is 0 Å². The Morgan fingerprint density at radius 3 is 2.54 bits per heavy atom. The highest BCUT2D eigenvalue weighted by molar-refractivity contribution is 7.89. The lowest BCUT2D eigenvalue weighted by Gasteiger charge is -2.21. The fraction of sp³-hybridized carbons (Fsp3) is 0.562. The molecule has 1 aromatic rings. The van der Waals surface area contributed by atoms with Gasteiger partial charge in [0, 0.05) is 6.54 Å². The summed E-state index contributed by atoms with van der Waals surface area (Å²) in [5, 5.41) is 12.3. The van der Waals surface area contributed by atoms with Crippen LogP contribution in [0.15, 0.2) is 18.2 Å². The minimum Gasteiger partial charge on any atom is -0.504 e. The van der Waals surface area contributed by atoms with Gasteiger partial charge in [0.1, 0.15) is 6.04 Å². The summed E-state index contributed by atoms with van der Waals surface area (Å²) in [6.07, 6.45) is 0.535. The van der Waals surface area contributed by atoms with Crippen LogP contribution in [0.3, 0.4) is 0 Å². The number of nitrogens with one attached hydrogen (secondary N) is 2. The minimum absolute atomic E-state index is 0.0547. The Hall–Kier alpha value is -1.80. The largest absolute Gasteiger partial charge is 0.504 e. The Morgan fingerprint density at radius 1 is 1.33 bits per heavy atom. The van der Waals surface area contributed by atoms with Crippen LogP contribution in [0.25, 0.3) is 0 Å². The van der Waals surface area contributed by atoms with Crippen molar-refractivity contribution in [2.45, 2.75) is 33.2 Å². The van der Waals surface area contributed by atoms with Crippen LogP contribution in [-0.2, 0) is 21.2 Å². The molecule has 0 heterocycles. The molecule has 1 atom stereocenters. The molecule has 0 aromatic heterocycles. The van der Waals surface area contributed by atoms with Crippen molar-refractivity contribution in [1.82, 2.24) is 10.0 Å². The fourth-order valence-corrected chi connectivity index (χ4v) is 3.02. The van der Waals surface area contributed by atoms with Crippen LogP contribution in [-0.4, -0.2) is 44.9 Å². The number of carbonyl (C=O) groups excluding carboxylic acids is 1. The number of aromatic hydroxyl groups is 1. The standard InChI is InChI=1S/C16H26N2O5S/c1-5-24(21,22)18-15(11(2)3)16(20)17-9-8-12-6-7-13(19)14(10-12)23-4/h6-7,10-11,15,18-19H,5,8-9H2,1-4H3,(H,17,20). The zero-order valence-corrected chi connectivity index (χ0v) is 15.3. The third-order valence-electron chi connectivity index (χ3n) is 3.59. The average molecular weight is 358 g/mol. The van der Waals surface area contributed by atoms with Crippen molar-refractivity contribution in [3.05, 3.63) is 23.8 Å². The smallest absolute Gasteiger partial charge is 0.238 e. The van der Waals surface area contributed by atoms with E-state index in [1.54, 1.807) is 26.0 Å². The number of carbonyl (C=O) groups is 1. The molecule has 0 aliphatic heterocycles. The third-order valence-corrected chi connectivity index (χ3v) is 4.97. The quantitative estimate of drug-likeness (QED) is 0.611. The lowest BCUT2D eigenvalue weighted by atomic mass is 10.0. The van der Waals surface area contributed by atoms with Gasteiger partial charge in [-0.05, 0) is 37.0 Å². The van der Waals surface area contributed by atoms with Crippen LogP contribution in [0.4, 0.5) is 0 Å². The number of benzene rings is 1. The molecule has 1 amide bonds. The first-order chi connectivity index (χ1) is 11.2. The van der Waals surface area contributed by atoms with Gasteiger partial charge in [-0.15, -0.1) is 0 Å². The van der Waals surface area contributed by atoms with Gasteiger partial charge in [-0.1, -0.05) is 19.9 Å². The molecule has 0 saturated carbocycles. The van der Waals surface area contributed by atoms with Crippen molar-refractivity contribution >= 4 is 15.9 Å². The molecular formula is C16H26N2O5S. The summed E-state index contributed by atoms with van der Waals surface area (Å²) in [7, 11) is -1.99. The number of rotatable bonds is 9. The molecule has 0 radical (unpaired) electrons. The second kappa shape index (κ2) is 8.89. The maximum atomic E-state index is 12.2. The van der Waals surface area contributed by atoms with E-state index in [0.29, 0.717) is 18.7 Å². The third kappa shape index (κ3) is 6.01. The molecule has 0 fully saturated rings. The van der Waals surface area contributed by atoms with Crippen LogP contribution < -0.4 is 14.8 Å². The van der Waals surface area contributed by atoms with Crippen LogP contribution in [0.5, 0.6) is 11.5 Å². The van der Waals surface area contributed by atoms with Gasteiger partial charge in [0.05, 0.1) is 12.9 Å². The summed E-state index contributed by atoms with van der Waals surface area (Å²) in [6, 6.07) is 4.16. The minimum atomic E-state index is -3.45. The van der Waals surface area contributed by atoms with Crippen molar-refractivity contribution in [1.29, 1.82) is 0 Å². The predicted octanol–water partition coefficient (Wildman–Crippen LogP) is 1.02. The number of phenolic OH excluding ortho intramolecular Hbond substituents is 1. The zero-order chi connectivity index (χ0) is 18.3. The van der Waals surface area contributed by atoms with Crippen LogP contribution in [0.2, 0.25) is 0 Å². The van der Waals surface area contributed by atoms with Gasteiger partial charge in [-0.25, -0.2) is 13.1 Å². The molecule has 7 nitrogen and oxygen atoms in total. The first-order valence-corrected chi connectivity index (χ1v) is 9.49. The Labute approximate surface area is 143 Å². The van der Waals surface area contributed by atoms with Gasteiger partial charge in [-0.2, -0.15) is 0 Å². The number of phenols is 1. The second-order valence-electron chi connectivity index (χ2n) is 5.79. The normalized spacial score (nSPS) is 12.9. The highest BCUT2D eigenvalue weighted by Crippen LogP contribution is 2.26. The van der Waals surface area contributed by atoms with Crippen molar-refractivity contribution in [3.8, 4) is 11.5 Å². The SMILES string of the molecule is CCS(=O)(=O)NC(C(=O)NCCc1ccc(O)c(OC)c1)C(C)C. The number of hydrogen-bond donors (Lipinski definition) is 3. The van der Waals surface area contributed by atoms with Crippen LogP contribution >= 0.6 is 0 Å². The van der Waals surface area contributed by atoms with Crippen LogP contribution in [0, 0.1) is 5.92 Å². The van der Waals surface area contributed by atoms with Gasteiger partial charge in [0.25, 0.3) is 0 Å². The van der Waals surface area contributed by atoms with Gasteiger partial charge in [0.15, 0.2) is 11.5 Å². The number of methoxy groups -OCH3 is 1. The summed E-state index contributed by atoms with van der Waals surface area (Å²) in [6.45, 7) is 5.44. The molecule has 0 aliphatic rings. The zero-order valence-electron chi connectivity index (χ0n) is 14.5. The maximum Gasteiger partial charge on any atom is 0.238 e. The Morgan fingerprint density at radius 2 is 2.00 bits per heavy atom. The molecule has 8 heteroatoms. The Bertz CT molecular complexity index is 658. The number of hydrogen-bond acceptors (Lipinski definition) is 5. The van der Waals surface area contributed by atoms with E-state index in [9.17, 15) is 18.3 Å². The maximum absolute atomic E-state index is 12.2. The van der Waals surface area contributed by atoms with E-state index in [1.165, 1.54) is 20.1 Å². The highest BCUT2D eigenvalue weighted by Gasteiger charge is 2.26. The van der Waals surface area contributed by atoms with E-state index < -0.39 is 16.1 Å². The molecule has 1 aromatic carbocycles. The highest BCUT2D eigenvalue weighted by atomic mass is 32.2. The molecule has 3 N–H and O–H groups in total. The Kier molecular flexibility index (Phi) is 7.50. The molecule has 0 aliphatic carbocycles. The predicted molar refractivity (Wildman–Crippen MR) is 92.6 cm³/mol. The van der Waals surface area contributed by atoms with Crippen molar-refractivity contribution in [2.75, 3.05) is 19.4 Å². The summed E-state index contributed by atoms with van der Waals surface area (Å²) in [5.74, 6) is -0.168. The van der Waals surface area contributed by atoms with E-state index in [1.807, 2.05) is 0 Å². The van der Waals surface area contributed by atoms with Gasteiger partial charge in [-0.3, -0.25) is 4.79 Å². The molecule has 1 rings (SSSR count). The van der Waals surface area contributed by atoms with Crippen molar-refractivity contribution in [2.24, 2.45) is 5.92 Å². The molecule has 0 saturated heterocycles. The van der Waals surface area contributed by atoms with Crippen molar-refractivity contribution in [3.63, 3.8) is 0 Å². The summed E-state index contributed by atoms with van der Waals surface area (Å²) in [5.41, 5.74) is 0.889. The van der Waals surface area contributed by atoms with E-state index in [2.05, 4.69) is 10.0 Å². The molecule has 24 heavy (non-hydrogen) atoms. The van der Waals surface area contributed by atoms with Gasteiger partial charge >= 0.3 is 0 Å². The van der Waals surface area contributed by atoms with E-state index in [4.69, 9.17) is 4.74 Å². The molecule has 0 spiro atoms. The summed E-state index contributed by atoms with van der Waals surface area (Å²) >= 11 is 0. The van der Waals surface area contributed by atoms with E-state index in [-0.39, 0.29) is 23.3 Å². The van der Waals surface area contributed by atoms with Gasteiger partial charge in [0.2, 0.25) is 15.9 Å². The topological polar surface area (TPSA) is 105 Å². The first kappa shape index (κ1) is 20.2. The molecular weight excluding hydrogens is 332 g/mol. The molecule has 136 valence electrons. The number of sulfonamides is 1. The first-order valence-electron chi connectivity index (χ1n) is 7.83. The number of amides is 1. The lowest BCUT2D eigenvalue weighted by molar-refractivity contribution is -0.123. The average Bonchev–Trinajstić information content (AvgIpc) is 2.53. The van der Waals surface area contributed by atoms with Crippen molar-refractivity contribution < 1.29 is 23.1 Å². The molecule has 0 bridgehead atoms. The fourth-order valence-electron chi connectivity index (χ4n) is 2.09. The number of ether oxygens (including phenoxy) is 1. The second-order valence-corrected chi connectivity index (χ2v) is 7.83. The summed E-state index contributed by atoms with van der Waals surface area (Å²) in [4.78, 5) is 12.2. The summed E-state index contributed by atoms with van der Waals surface area (Å²) < 4.78 is 30.8. The Balaban J connectivity index is 2.63. The van der Waals surface area contributed by atoms with Gasteiger partial charge < -0.3 is 15.2 Å². The monoisotopic (exact) mass is 358 g/mol. The van der Waals surface area contributed by atoms with Crippen LogP contribution in [0.1, 0.15) is 26.3 Å².